The summed E-state index contributed by atoms with van der Waals surface area (Å²) in [7, 11) is 0. The van der Waals surface area contributed by atoms with Gasteiger partial charge in [-0.05, 0) is 24.7 Å². The minimum Gasteiger partial charge on any atom is -0.391 e. The van der Waals surface area contributed by atoms with Crippen LogP contribution in [0.25, 0.3) is 0 Å². The van der Waals surface area contributed by atoms with E-state index in [1.807, 2.05) is 18.7 Å². The number of nitrogens with one attached hydrogen (secondary N) is 1. The van der Waals surface area contributed by atoms with E-state index in [1.165, 1.54) is 32.1 Å². The molecular formula is C22H40N3O4. The van der Waals surface area contributed by atoms with Gasteiger partial charge in [0.15, 0.2) is 5.78 Å². The number of carbonyl (C=O) groups excluding carboxylic acids is 2. The lowest BCUT2D eigenvalue weighted by Crippen LogP contribution is -2.51. The average Bonchev–Trinajstić information content (AvgIpc) is 2.70. The number of ketones is 1. The zero-order chi connectivity index (χ0) is 21.4. The predicted octanol–water partition coefficient (Wildman–Crippen LogP) is 1.78. The summed E-state index contributed by atoms with van der Waals surface area (Å²) in [4.78, 5) is 26.9. The topological polar surface area (TPSA) is 117 Å². The van der Waals surface area contributed by atoms with E-state index >= 15 is 0 Å². The Labute approximate surface area is 175 Å². The zero-order valence-corrected chi connectivity index (χ0v) is 18.1. The summed E-state index contributed by atoms with van der Waals surface area (Å²) in [5, 5.41) is 10.8. The van der Waals surface area contributed by atoms with Crippen LogP contribution in [0.2, 0.25) is 0 Å². The molecule has 4 atom stereocenters. The first kappa shape index (κ1) is 24.3. The van der Waals surface area contributed by atoms with E-state index in [1.54, 1.807) is 0 Å². The maximum atomic E-state index is 13.4. The number of nitrogens with two attached hydrogens (primary N) is 1. The summed E-state index contributed by atoms with van der Waals surface area (Å²) in [6.07, 6.45) is 6.41. The van der Waals surface area contributed by atoms with E-state index in [2.05, 4.69) is 0 Å². The number of aliphatic hydroxyl groups is 1. The molecular weight excluding hydrogens is 370 g/mol. The van der Waals surface area contributed by atoms with Gasteiger partial charge in [-0.3, -0.25) is 20.2 Å². The number of nitrogens with zero attached hydrogens (tertiary/aromatic N) is 1. The van der Waals surface area contributed by atoms with E-state index in [9.17, 15) is 14.7 Å². The number of Topliss-reactive ketones (excluding diaryl/α,β-unsaturated/α-hetero) is 1. The van der Waals surface area contributed by atoms with Gasteiger partial charge in [-0.2, -0.15) is 0 Å². The molecule has 7 heteroatoms. The quantitative estimate of drug-likeness (QED) is 0.536. The molecule has 1 radical (unpaired) electrons. The minimum atomic E-state index is -0.731. The molecule has 0 aromatic heterocycles. The smallest absolute Gasteiger partial charge is 0.240 e. The SMILES string of the molecule is CC(C)[C@H](C[C@H](O)[C@@H](N)CC1CCCCC1)C(=O)C(CC([NH])=O)N1CCOCC1. The number of rotatable bonds is 11. The van der Waals surface area contributed by atoms with Crippen LogP contribution >= 0.6 is 0 Å². The number of ether oxygens (including phenoxy) is 1. The van der Waals surface area contributed by atoms with Crippen molar-refractivity contribution in [3.63, 3.8) is 0 Å². The summed E-state index contributed by atoms with van der Waals surface area (Å²) >= 11 is 0. The Bertz CT molecular complexity index is 516. The van der Waals surface area contributed by atoms with Gasteiger partial charge >= 0.3 is 0 Å². The number of carbonyl (C=O) groups is 2. The Morgan fingerprint density at radius 2 is 1.79 bits per heavy atom. The lowest BCUT2D eigenvalue weighted by molar-refractivity contribution is -0.136. The summed E-state index contributed by atoms with van der Waals surface area (Å²) in [5.41, 5.74) is 13.7. The van der Waals surface area contributed by atoms with Crippen molar-refractivity contribution in [2.45, 2.75) is 83.4 Å². The fourth-order valence-electron chi connectivity index (χ4n) is 4.84. The third-order valence-electron chi connectivity index (χ3n) is 6.68. The number of aliphatic hydroxyl groups excluding tert-OH is 1. The molecule has 2 rings (SSSR count). The highest BCUT2D eigenvalue weighted by atomic mass is 16.5. The molecule has 4 N–H and O–H groups in total. The molecule has 0 bridgehead atoms. The molecule has 1 aliphatic heterocycles. The van der Waals surface area contributed by atoms with E-state index in [0.717, 1.165) is 6.42 Å². The van der Waals surface area contributed by atoms with Gasteiger partial charge in [0.2, 0.25) is 5.91 Å². The first-order chi connectivity index (χ1) is 13.8. The van der Waals surface area contributed by atoms with Crippen LogP contribution in [0, 0.1) is 17.8 Å². The molecule has 1 amide bonds. The molecule has 1 unspecified atom stereocenters. The van der Waals surface area contributed by atoms with Crippen molar-refractivity contribution in [1.82, 2.24) is 10.6 Å². The minimum absolute atomic E-state index is 0.0309. The molecule has 1 aliphatic carbocycles. The molecule has 1 saturated carbocycles. The third-order valence-corrected chi connectivity index (χ3v) is 6.68. The molecule has 1 saturated heterocycles. The van der Waals surface area contributed by atoms with Crippen LogP contribution in [0.5, 0.6) is 0 Å². The first-order valence-electron chi connectivity index (χ1n) is 11.3. The van der Waals surface area contributed by atoms with Gasteiger partial charge in [-0.1, -0.05) is 46.0 Å². The first-order valence-corrected chi connectivity index (χ1v) is 11.3. The second kappa shape index (κ2) is 12.0. The molecule has 2 aliphatic rings. The molecule has 1 heterocycles. The van der Waals surface area contributed by atoms with Crippen molar-refractivity contribution in [2.24, 2.45) is 23.5 Å². The molecule has 0 aromatic carbocycles. The molecule has 29 heavy (non-hydrogen) atoms. The summed E-state index contributed by atoms with van der Waals surface area (Å²) in [6.45, 7) is 6.16. The lowest BCUT2D eigenvalue weighted by atomic mass is 9.79. The van der Waals surface area contributed by atoms with Gasteiger partial charge in [-0.25, -0.2) is 0 Å². The van der Waals surface area contributed by atoms with Crippen molar-refractivity contribution >= 4 is 11.7 Å². The van der Waals surface area contributed by atoms with Crippen LogP contribution in [0.15, 0.2) is 0 Å². The Morgan fingerprint density at radius 1 is 1.17 bits per heavy atom. The predicted molar refractivity (Wildman–Crippen MR) is 112 cm³/mol. The zero-order valence-electron chi connectivity index (χ0n) is 18.1. The van der Waals surface area contributed by atoms with Crippen molar-refractivity contribution in [3.8, 4) is 0 Å². The second-order valence-corrected chi connectivity index (χ2v) is 9.25. The van der Waals surface area contributed by atoms with Crippen LogP contribution in [-0.4, -0.2) is 66.2 Å². The maximum absolute atomic E-state index is 13.4. The second-order valence-electron chi connectivity index (χ2n) is 9.25. The van der Waals surface area contributed by atoms with E-state index < -0.39 is 18.1 Å². The van der Waals surface area contributed by atoms with Gasteiger partial charge in [0.05, 0.1) is 31.8 Å². The number of amides is 1. The molecule has 0 aromatic rings. The van der Waals surface area contributed by atoms with E-state index in [-0.39, 0.29) is 30.1 Å². The number of morpholine rings is 1. The maximum Gasteiger partial charge on any atom is 0.240 e. The summed E-state index contributed by atoms with van der Waals surface area (Å²) in [5.74, 6) is -0.556. The van der Waals surface area contributed by atoms with Crippen molar-refractivity contribution in [3.05, 3.63) is 0 Å². The van der Waals surface area contributed by atoms with Crippen LogP contribution < -0.4 is 11.5 Å². The largest absolute Gasteiger partial charge is 0.391 e. The van der Waals surface area contributed by atoms with Crippen LogP contribution in [0.4, 0.5) is 0 Å². The van der Waals surface area contributed by atoms with Crippen LogP contribution in [0.1, 0.15) is 65.2 Å². The van der Waals surface area contributed by atoms with Crippen molar-refractivity contribution < 1.29 is 19.4 Å². The molecule has 2 fully saturated rings. The fourth-order valence-corrected chi connectivity index (χ4v) is 4.84. The Morgan fingerprint density at radius 3 is 2.34 bits per heavy atom. The van der Waals surface area contributed by atoms with Gasteiger partial charge in [0.25, 0.3) is 0 Å². The van der Waals surface area contributed by atoms with Crippen molar-refractivity contribution in [2.75, 3.05) is 26.3 Å². The van der Waals surface area contributed by atoms with Crippen molar-refractivity contribution in [1.29, 1.82) is 0 Å². The highest BCUT2D eigenvalue weighted by molar-refractivity contribution is 5.90. The van der Waals surface area contributed by atoms with E-state index in [4.69, 9.17) is 16.2 Å². The molecule has 7 nitrogen and oxygen atoms in total. The van der Waals surface area contributed by atoms with Crippen LogP contribution in [0.3, 0.4) is 0 Å². The number of hydrogen-bond acceptors (Lipinski definition) is 6. The van der Waals surface area contributed by atoms with Crippen LogP contribution in [-0.2, 0) is 14.3 Å². The number of hydrogen-bond donors (Lipinski definition) is 2. The van der Waals surface area contributed by atoms with Gasteiger partial charge < -0.3 is 15.6 Å². The highest BCUT2D eigenvalue weighted by Gasteiger charge is 2.37. The Hall–Kier alpha value is -1.02. The van der Waals surface area contributed by atoms with Gasteiger partial charge in [0.1, 0.15) is 0 Å². The van der Waals surface area contributed by atoms with E-state index in [0.29, 0.717) is 38.6 Å². The molecule has 0 spiro atoms. The average molecular weight is 411 g/mol. The Balaban J connectivity index is 2.02. The normalized spacial score (nSPS) is 23.5. The molecule has 167 valence electrons. The fraction of sp³-hybridized carbons (Fsp3) is 0.909. The monoisotopic (exact) mass is 410 g/mol. The van der Waals surface area contributed by atoms with Gasteiger partial charge in [-0.15, -0.1) is 0 Å². The third kappa shape index (κ3) is 7.63. The van der Waals surface area contributed by atoms with Gasteiger partial charge in [0, 0.05) is 25.0 Å². The highest BCUT2D eigenvalue weighted by Crippen LogP contribution is 2.30. The Kier molecular flexibility index (Phi) is 10.0. The lowest BCUT2D eigenvalue weighted by Gasteiger charge is -2.36. The summed E-state index contributed by atoms with van der Waals surface area (Å²) < 4.78 is 5.37. The standard InChI is InChI=1S/C22H40N3O4/c1-15(2)17(13-20(26)18(23)12-16-6-4-3-5-7-16)22(28)19(14-21(24)27)25-8-10-29-11-9-25/h15-20,24,26H,3-14,23H2,1-2H3/t17-,18-,19?,20-/m0/s1. The summed E-state index contributed by atoms with van der Waals surface area (Å²) in [6, 6.07) is -0.940.